The maximum atomic E-state index is 14.6. The second-order valence-electron chi connectivity index (χ2n) is 5.03. The molecule has 1 aromatic carbocycles. The number of benzene rings is 1. The number of aliphatic hydroxyl groups excluding tert-OH is 1. The fraction of sp³-hybridized carbons (Fsp3) is 0.438. The summed E-state index contributed by atoms with van der Waals surface area (Å²) in [5.41, 5.74) is -0.641. The van der Waals surface area contributed by atoms with Crippen LogP contribution < -0.4 is 10.1 Å². The zero-order valence-corrected chi connectivity index (χ0v) is 14.3. The summed E-state index contributed by atoms with van der Waals surface area (Å²) in [6.45, 7) is 5.08. The lowest BCUT2D eigenvalue weighted by atomic mass is 10.1. The maximum Gasteiger partial charge on any atom is 0.343 e. The topological polar surface area (TPSA) is 111 Å². The lowest BCUT2D eigenvalue weighted by Crippen LogP contribution is -2.36. The highest BCUT2D eigenvalue weighted by Gasteiger charge is 2.26. The minimum Gasteiger partial charge on any atom is -0.462 e. The van der Waals surface area contributed by atoms with E-state index in [4.69, 9.17) is 14.2 Å². The Morgan fingerprint density at radius 1 is 1.24 bits per heavy atom. The molecule has 0 unspecified atom stereocenters. The zero-order valence-electron chi connectivity index (χ0n) is 14.3. The van der Waals surface area contributed by atoms with Gasteiger partial charge in [0.25, 0.3) is 0 Å². The number of hydrogen-bond acceptors (Lipinski definition) is 8. The van der Waals surface area contributed by atoms with E-state index in [1.54, 1.807) is 0 Å². The van der Waals surface area contributed by atoms with Gasteiger partial charge in [-0.2, -0.15) is 0 Å². The fourth-order valence-corrected chi connectivity index (χ4v) is 1.89. The van der Waals surface area contributed by atoms with Gasteiger partial charge < -0.3 is 24.6 Å². The third-order valence-electron chi connectivity index (χ3n) is 2.87. The molecule has 0 amide bonds. The van der Waals surface area contributed by atoms with Crippen molar-refractivity contribution in [1.82, 2.24) is 0 Å². The van der Waals surface area contributed by atoms with Gasteiger partial charge in [-0.05, 0) is 26.0 Å². The molecule has 0 bridgehead atoms. The van der Waals surface area contributed by atoms with E-state index in [0.717, 1.165) is 19.9 Å². The number of anilines is 1. The highest BCUT2D eigenvalue weighted by atomic mass is 19.1. The first-order valence-corrected chi connectivity index (χ1v) is 7.47. The molecule has 0 heterocycles. The predicted octanol–water partition coefficient (Wildman–Crippen LogP) is 1.61. The van der Waals surface area contributed by atoms with Gasteiger partial charge >= 0.3 is 17.9 Å². The summed E-state index contributed by atoms with van der Waals surface area (Å²) in [5, 5.41) is 12.2. The van der Waals surface area contributed by atoms with Crippen molar-refractivity contribution < 1.29 is 38.1 Å². The molecule has 0 fully saturated rings. The number of hydrogen-bond donors (Lipinski definition) is 2. The van der Waals surface area contributed by atoms with Crippen LogP contribution in [-0.4, -0.2) is 42.0 Å². The van der Waals surface area contributed by atoms with Crippen molar-refractivity contribution in [2.24, 2.45) is 0 Å². The first-order valence-electron chi connectivity index (χ1n) is 7.47. The number of ether oxygens (including phenoxy) is 3. The highest BCUT2D eigenvalue weighted by molar-refractivity contribution is 5.97. The Hall–Kier alpha value is -2.68. The Kier molecular flexibility index (Phi) is 7.31. The van der Waals surface area contributed by atoms with Crippen LogP contribution in [0.2, 0.25) is 0 Å². The first-order chi connectivity index (χ1) is 11.7. The summed E-state index contributed by atoms with van der Waals surface area (Å²) in [6.07, 6.45) is -2.39. The fourth-order valence-electron chi connectivity index (χ4n) is 1.89. The predicted molar refractivity (Wildman–Crippen MR) is 84.5 cm³/mol. The van der Waals surface area contributed by atoms with E-state index in [0.29, 0.717) is 0 Å². The zero-order chi connectivity index (χ0) is 19.1. The van der Waals surface area contributed by atoms with Gasteiger partial charge in [0.05, 0.1) is 12.3 Å². The number of aliphatic hydroxyl groups is 1. The van der Waals surface area contributed by atoms with Crippen LogP contribution in [-0.2, 0) is 19.1 Å². The molecule has 0 radical (unpaired) electrons. The molecule has 0 spiro atoms. The number of rotatable bonds is 7. The molecule has 0 saturated carbocycles. The number of carbonyl (C=O) groups excluding carboxylic acids is 3. The van der Waals surface area contributed by atoms with Gasteiger partial charge in [0.15, 0.2) is 17.8 Å². The Morgan fingerprint density at radius 2 is 1.88 bits per heavy atom. The molecule has 8 nitrogen and oxygen atoms in total. The van der Waals surface area contributed by atoms with Crippen LogP contribution in [0.15, 0.2) is 12.1 Å². The number of carbonyl (C=O) groups is 3. The molecular weight excluding hydrogens is 337 g/mol. The SMILES string of the molecule is CCOC(=O)c1c(N[C@H](OC(C)=O)[C@@H](C)O)ccc(OC(C)=O)c1F. The van der Waals surface area contributed by atoms with Gasteiger partial charge in [-0.15, -0.1) is 0 Å². The molecule has 138 valence electrons. The van der Waals surface area contributed by atoms with Crippen LogP contribution in [0.3, 0.4) is 0 Å². The van der Waals surface area contributed by atoms with Gasteiger partial charge in [0.2, 0.25) is 0 Å². The summed E-state index contributed by atoms with van der Waals surface area (Å²) in [7, 11) is 0. The normalized spacial score (nSPS) is 12.7. The quantitative estimate of drug-likeness (QED) is 0.430. The standard InChI is InChI=1S/C16H20FNO7/c1-5-23-16(22)13-11(18-15(8(2)19)25-10(4)21)6-7-12(14(13)17)24-9(3)20/h6-8,15,18-19H,5H2,1-4H3/t8-,15-/m1/s1. The van der Waals surface area contributed by atoms with Crippen molar-refractivity contribution in [2.75, 3.05) is 11.9 Å². The molecule has 0 aliphatic heterocycles. The lowest BCUT2D eigenvalue weighted by Gasteiger charge is -2.23. The first kappa shape index (κ1) is 20.4. The molecular formula is C16H20FNO7. The van der Waals surface area contributed by atoms with E-state index >= 15 is 0 Å². The van der Waals surface area contributed by atoms with Crippen LogP contribution in [0.4, 0.5) is 10.1 Å². The van der Waals surface area contributed by atoms with E-state index in [9.17, 15) is 23.9 Å². The van der Waals surface area contributed by atoms with Crippen LogP contribution in [0.25, 0.3) is 0 Å². The Balaban J connectivity index is 3.32. The van der Waals surface area contributed by atoms with Crippen LogP contribution in [0.5, 0.6) is 5.75 Å². The minimum absolute atomic E-state index is 0.0146. The molecule has 1 rings (SSSR count). The third kappa shape index (κ3) is 5.71. The summed E-state index contributed by atoms with van der Waals surface area (Å²) in [5.74, 6) is -4.04. The summed E-state index contributed by atoms with van der Waals surface area (Å²) >= 11 is 0. The van der Waals surface area contributed by atoms with Crippen molar-refractivity contribution in [3.8, 4) is 5.75 Å². The van der Waals surface area contributed by atoms with Gasteiger partial charge in [0, 0.05) is 13.8 Å². The highest BCUT2D eigenvalue weighted by Crippen LogP contribution is 2.29. The van der Waals surface area contributed by atoms with Crippen molar-refractivity contribution in [1.29, 1.82) is 0 Å². The van der Waals surface area contributed by atoms with Crippen LogP contribution >= 0.6 is 0 Å². The number of halogens is 1. The van der Waals surface area contributed by atoms with Crippen molar-refractivity contribution in [2.45, 2.75) is 40.0 Å². The summed E-state index contributed by atoms with van der Waals surface area (Å²) in [4.78, 5) is 34.2. The lowest BCUT2D eigenvalue weighted by molar-refractivity contribution is -0.149. The van der Waals surface area contributed by atoms with E-state index < -0.39 is 47.4 Å². The molecule has 2 N–H and O–H groups in total. The van der Waals surface area contributed by atoms with Crippen molar-refractivity contribution in [3.05, 3.63) is 23.5 Å². The molecule has 0 aliphatic rings. The molecule has 0 saturated heterocycles. The largest absolute Gasteiger partial charge is 0.462 e. The minimum atomic E-state index is -1.23. The van der Waals surface area contributed by atoms with E-state index in [1.165, 1.54) is 19.9 Å². The second-order valence-corrected chi connectivity index (χ2v) is 5.03. The molecule has 25 heavy (non-hydrogen) atoms. The molecule has 1 aromatic rings. The average molecular weight is 357 g/mol. The smallest absolute Gasteiger partial charge is 0.343 e. The van der Waals surface area contributed by atoms with E-state index in [1.807, 2.05) is 0 Å². The summed E-state index contributed by atoms with van der Waals surface area (Å²) < 4.78 is 29.0. The van der Waals surface area contributed by atoms with Gasteiger partial charge in [-0.3, -0.25) is 9.59 Å². The Morgan fingerprint density at radius 3 is 2.36 bits per heavy atom. The molecule has 0 aliphatic carbocycles. The maximum absolute atomic E-state index is 14.6. The monoisotopic (exact) mass is 357 g/mol. The van der Waals surface area contributed by atoms with Crippen molar-refractivity contribution >= 4 is 23.6 Å². The van der Waals surface area contributed by atoms with Gasteiger partial charge in [-0.25, -0.2) is 9.18 Å². The molecule has 9 heteroatoms. The van der Waals surface area contributed by atoms with Crippen LogP contribution in [0.1, 0.15) is 38.1 Å². The Bertz CT molecular complexity index is 660. The van der Waals surface area contributed by atoms with Crippen LogP contribution in [0, 0.1) is 5.82 Å². The molecule has 0 aromatic heterocycles. The van der Waals surface area contributed by atoms with E-state index in [-0.39, 0.29) is 12.3 Å². The summed E-state index contributed by atoms with van der Waals surface area (Å²) in [6, 6.07) is 2.36. The van der Waals surface area contributed by atoms with Gasteiger partial charge in [0.1, 0.15) is 11.7 Å². The second kappa shape index (κ2) is 8.97. The van der Waals surface area contributed by atoms with E-state index in [2.05, 4.69) is 5.32 Å². The third-order valence-corrected chi connectivity index (χ3v) is 2.87. The number of esters is 3. The van der Waals surface area contributed by atoms with Gasteiger partial charge in [-0.1, -0.05) is 0 Å². The van der Waals surface area contributed by atoms with Crippen molar-refractivity contribution in [3.63, 3.8) is 0 Å². The average Bonchev–Trinajstić information content (AvgIpc) is 2.48. The molecule has 2 atom stereocenters. The Labute approximate surface area is 143 Å². The number of nitrogens with one attached hydrogen (secondary N) is 1.